The van der Waals surface area contributed by atoms with Crippen molar-refractivity contribution in [2.75, 3.05) is 38.1 Å². The largest absolute Gasteiger partial charge is 0.339 e. The average Bonchev–Trinajstić information content (AvgIpc) is 3.38. The first-order valence-electron chi connectivity index (χ1n) is 10.0. The summed E-state index contributed by atoms with van der Waals surface area (Å²) in [5.74, 6) is 1.75. The maximum atomic E-state index is 12.4. The van der Waals surface area contributed by atoms with Crippen LogP contribution in [0.25, 0.3) is 5.69 Å². The summed E-state index contributed by atoms with van der Waals surface area (Å²) >= 11 is 6.24. The van der Waals surface area contributed by atoms with Gasteiger partial charge in [0, 0.05) is 43.2 Å². The fraction of sp³-hybridized carbons (Fsp3) is 0.579. The minimum atomic E-state index is -3.05. The van der Waals surface area contributed by atoms with Gasteiger partial charge in [-0.2, -0.15) is 0 Å². The molecule has 0 radical (unpaired) electrons. The second kappa shape index (κ2) is 5.94. The number of fused-ring (bicyclic) bond motifs is 3. The van der Waals surface area contributed by atoms with E-state index in [2.05, 4.69) is 31.6 Å². The molecule has 0 amide bonds. The highest BCUT2D eigenvalue weighted by atomic mass is 35.5. The van der Waals surface area contributed by atoms with Gasteiger partial charge in [-0.15, -0.1) is 10.2 Å². The van der Waals surface area contributed by atoms with E-state index in [1.165, 1.54) is 0 Å². The van der Waals surface area contributed by atoms with Crippen LogP contribution in [0.2, 0.25) is 5.02 Å². The molecule has 1 spiro atoms. The molecule has 0 N–H and O–H groups in total. The Labute approximate surface area is 175 Å². The first-order chi connectivity index (χ1) is 13.8. The molecule has 10 heteroatoms. The highest BCUT2D eigenvalue weighted by Crippen LogP contribution is 2.46. The Morgan fingerprint density at radius 3 is 2.59 bits per heavy atom. The van der Waals surface area contributed by atoms with E-state index in [0.717, 1.165) is 60.5 Å². The van der Waals surface area contributed by atoms with Gasteiger partial charge in [0.05, 0.1) is 17.5 Å². The van der Waals surface area contributed by atoms with Gasteiger partial charge in [-0.1, -0.05) is 11.6 Å². The topological polar surface area (TPSA) is 74.6 Å². The first-order valence-corrected chi connectivity index (χ1v) is 11.9. The summed E-state index contributed by atoms with van der Waals surface area (Å²) in [6.45, 7) is 4.43. The van der Waals surface area contributed by atoms with Crippen molar-refractivity contribution >= 4 is 27.6 Å². The second-order valence-electron chi connectivity index (χ2n) is 9.07. The number of hydrogen-bond acceptors (Lipinski definition) is 6. The van der Waals surface area contributed by atoms with Gasteiger partial charge in [-0.05, 0) is 43.7 Å². The van der Waals surface area contributed by atoms with Crippen LogP contribution in [-0.4, -0.2) is 70.9 Å². The zero-order chi connectivity index (χ0) is 20.0. The van der Waals surface area contributed by atoms with Crippen molar-refractivity contribution in [2.24, 2.45) is 5.41 Å². The van der Waals surface area contributed by atoms with E-state index in [-0.39, 0.29) is 10.7 Å². The maximum Gasteiger partial charge on any atom is 0.231 e. The lowest BCUT2D eigenvalue weighted by Crippen LogP contribution is -2.73. The molecule has 6 rings (SSSR count). The van der Waals surface area contributed by atoms with E-state index in [0.29, 0.717) is 19.6 Å². The average molecular weight is 435 g/mol. The zero-order valence-corrected chi connectivity index (χ0v) is 17.8. The fourth-order valence-corrected chi connectivity index (χ4v) is 7.17. The van der Waals surface area contributed by atoms with E-state index in [1.807, 2.05) is 18.2 Å². The molecule has 2 saturated heterocycles. The third kappa shape index (κ3) is 2.74. The molecule has 2 aromatic rings. The molecule has 0 unspecified atom stereocenters. The number of nitrogens with zero attached hydrogens (tertiary/aromatic N) is 6. The summed E-state index contributed by atoms with van der Waals surface area (Å²) in [5.41, 5.74) is 2.29. The molecule has 154 valence electrons. The summed E-state index contributed by atoms with van der Waals surface area (Å²) in [4.78, 5) is 4.43. The molecule has 3 fully saturated rings. The lowest BCUT2D eigenvalue weighted by molar-refractivity contribution is 0.0380. The molecule has 1 saturated carbocycles. The quantitative estimate of drug-likeness (QED) is 0.728. The minimum Gasteiger partial charge on any atom is -0.339 e. The van der Waals surface area contributed by atoms with Gasteiger partial charge in [-0.3, -0.25) is 9.47 Å². The molecule has 29 heavy (non-hydrogen) atoms. The number of benzene rings is 1. The third-order valence-electron chi connectivity index (χ3n) is 6.51. The van der Waals surface area contributed by atoms with Gasteiger partial charge in [0.2, 0.25) is 16.0 Å². The summed E-state index contributed by atoms with van der Waals surface area (Å²) in [6, 6.07) is 5.95. The number of hydrogen-bond donors (Lipinski definition) is 0. The maximum absolute atomic E-state index is 12.4. The molecule has 1 aromatic heterocycles. The van der Waals surface area contributed by atoms with E-state index in [1.54, 1.807) is 4.31 Å². The second-order valence-corrected chi connectivity index (χ2v) is 11.7. The van der Waals surface area contributed by atoms with Crippen LogP contribution in [0.5, 0.6) is 0 Å². The van der Waals surface area contributed by atoms with Crippen molar-refractivity contribution in [3.63, 3.8) is 0 Å². The number of sulfonamides is 1. The van der Waals surface area contributed by atoms with Crippen LogP contribution in [0.4, 0.5) is 5.95 Å². The van der Waals surface area contributed by atoms with Gasteiger partial charge in [-0.25, -0.2) is 12.7 Å². The number of aromatic nitrogens is 3. The molecular weight excluding hydrogens is 412 g/mol. The Hall–Kier alpha value is -1.68. The predicted molar refractivity (Wildman–Crippen MR) is 110 cm³/mol. The Kier molecular flexibility index (Phi) is 3.71. The highest BCUT2D eigenvalue weighted by Gasteiger charge is 2.58. The fourth-order valence-electron chi connectivity index (χ4n) is 4.91. The van der Waals surface area contributed by atoms with Crippen molar-refractivity contribution in [3.8, 4) is 5.69 Å². The van der Waals surface area contributed by atoms with Crippen LogP contribution < -0.4 is 4.90 Å². The number of rotatable bonds is 3. The monoisotopic (exact) mass is 434 g/mol. The Bertz CT molecular complexity index is 1100. The summed E-state index contributed by atoms with van der Waals surface area (Å²) in [5, 5.41) is 9.56. The molecule has 1 aliphatic carbocycles. The third-order valence-corrected chi connectivity index (χ3v) is 9.04. The van der Waals surface area contributed by atoms with Gasteiger partial charge in [0.15, 0.2) is 5.82 Å². The highest BCUT2D eigenvalue weighted by molar-refractivity contribution is 7.90. The molecule has 0 atom stereocenters. The molecule has 3 aliphatic heterocycles. The van der Waals surface area contributed by atoms with Crippen LogP contribution in [0, 0.1) is 5.41 Å². The van der Waals surface area contributed by atoms with Crippen molar-refractivity contribution in [1.82, 2.24) is 24.0 Å². The minimum absolute atomic E-state index is 0.0682. The van der Waals surface area contributed by atoms with Crippen LogP contribution >= 0.6 is 11.6 Å². The van der Waals surface area contributed by atoms with Gasteiger partial charge >= 0.3 is 0 Å². The molecule has 8 nitrogen and oxygen atoms in total. The first kappa shape index (κ1) is 18.1. The van der Waals surface area contributed by atoms with E-state index in [9.17, 15) is 8.42 Å². The Balaban J connectivity index is 1.25. The van der Waals surface area contributed by atoms with Crippen molar-refractivity contribution in [2.45, 2.75) is 31.2 Å². The van der Waals surface area contributed by atoms with Crippen LogP contribution in [0.15, 0.2) is 18.2 Å². The smallest absolute Gasteiger partial charge is 0.231 e. The van der Waals surface area contributed by atoms with Crippen molar-refractivity contribution in [1.29, 1.82) is 0 Å². The molecule has 4 aliphatic rings. The predicted octanol–water partition coefficient (Wildman–Crippen LogP) is 1.48. The summed E-state index contributed by atoms with van der Waals surface area (Å²) < 4.78 is 28.6. The number of halogens is 1. The normalized spacial score (nSPS) is 23.9. The van der Waals surface area contributed by atoms with Gasteiger partial charge in [0.25, 0.3) is 0 Å². The van der Waals surface area contributed by atoms with E-state index < -0.39 is 10.0 Å². The van der Waals surface area contributed by atoms with E-state index >= 15 is 0 Å². The number of anilines is 1. The molecule has 1 aromatic carbocycles. The Morgan fingerprint density at radius 2 is 1.86 bits per heavy atom. The van der Waals surface area contributed by atoms with E-state index in [4.69, 9.17) is 11.6 Å². The van der Waals surface area contributed by atoms with Crippen molar-refractivity contribution in [3.05, 3.63) is 34.6 Å². The molecular formula is C19H23ClN6O2S. The van der Waals surface area contributed by atoms with Gasteiger partial charge < -0.3 is 4.90 Å². The summed E-state index contributed by atoms with van der Waals surface area (Å²) in [6.07, 6.45) is 1.64. The van der Waals surface area contributed by atoms with Crippen LogP contribution in [0.1, 0.15) is 24.2 Å². The zero-order valence-electron chi connectivity index (χ0n) is 16.3. The summed E-state index contributed by atoms with van der Waals surface area (Å²) in [7, 11) is -0.987. The molecule has 0 bridgehead atoms. The van der Waals surface area contributed by atoms with Crippen LogP contribution in [-0.2, 0) is 23.1 Å². The van der Waals surface area contributed by atoms with Crippen molar-refractivity contribution < 1.29 is 8.42 Å². The molecule has 4 heterocycles. The van der Waals surface area contributed by atoms with Gasteiger partial charge in [0.1, 0.15) is 0 Å². The Morgan fingerprint density at radius 1 is 1.10 bits per heavy atom. The van der Waals surface area contributed by atoms with Crippen LogP contribution in [0.3, 0.4) is 0 Å². The lowest BCUT2D eigenvalue weighted by atomic mass is 9.74. The standard InChI is InChI=1S/C19H23ClN6O2S/c1-23-7-13-6-14(20)2-5-16(13)26-17(8-23)21-22-18(26)24-9-19(10-24)11-25(12-19)29(27,28)15-3-4-15/h2,5-6,15H,3-4,7-12H2,1H3. The lowest BCUT2D eigenvalue weighted by Gasteiger charge is -2.59. The SMILES string of the molecule is CN1Cc2cc(Cl)ccc2-n2c(nnc2N2CC3(C2)CN(S(=O)(=O)C2CC2)C3)C1.